The summed E-state index contributed by atoms with van der Waals surface area (Å²) in [6, 6.07) is 10.1. The Bertz CT molecular complexity index is 446. The Labute approximate surface area is 132 Å². The maximum Gasteiger partial charge on any atom is 0.223 e. The van der Waals surface area contributed by atoms with Crippen LogP contribution in [-0.2, 0) is 16.1 Å². The molecular formula is C17H26N2O3. The van der Waals surface area contributed by atoms with E-state index in [4.69, 9.17) is 4.74 Å². The highest BCUT2D eigenvalue weighted by atomic mass is 16.5. The molecule has 2 rings (SSSR count). The second kappa shape index (κ2) is 8.88. The van der Waals surface area contributed by atoms with Gasteiger partial charge in [-0.1, -0.05) is 30.3 Å². The number of aliphatic hydroxyl groups excluding tert-OH is 1. The number of rotatable bonds is 8. The lowest BCUT2D eigenvalue weighted by Gasteiger charge is -2.22. The number of nitrogens with one attached hydrogen (secondary N) is 1. The molecular weight excluding hydrogens is 280 g/mol. The van der Waals surface area contributed by atoms with Gasteiger partial charge < -0.3 is 20.1 Å². The smallest absolute Gasteiger partial charge is 0.223 e. The SMILES string of the molecule is CN(CC(O)COCc1ccccc1)C(=O)CC1CCCN1. The topological polar surface area (TPSA) is 61.8 Å². The minimum atomic E-state index is -0.658. The Balaban J connectivity index is 1.62. The van der Waals surface area contributed by atoms with Crippen LogP contribution in [0.15, 0.2) is 30.3 Å². The van der Waals surface area contributed by atoms with Gasteiger partial charge >= 0.3 is 0 Å². The van der Waals surface area contributed by atoms with Crippen molar-refractivity contribution in [3.8, 4) is 0 Å². The normalized spacial score (nSPS) is 19.1. The molecule has 1 aliphatic heterocycles. The van der Waals surface area contributed by atoms with Crippen molar-refractivity contribution >= 4 is 5.91 Å². The number of carbonyl (C=O) groups excluding carboxylic acids is 1. The molecule has 0 aromatic heterocycles. The van der Waals surface area contributed by atoms with Gasteiger partial charge in [-0.3, -0.25) is 4.79 Å². The molecule has 0 spiro atoms. The van der Waals surface area contributed by atoms with Crippen LogP contribution in [0.4, 0.5) is 0 Å². The summed E-state index contributed by atoms with van der Waals surface area (Å²) in [6.07, 6.45) is 2.04. The summed E-state index contributed by atoms with van der Waals surface area (Å²) in [7, 11) is 1.73. The zero-order valence-corrected chi connectivity index (χ0v) is 13.2. The van der Waals surface area contributed by atoms with Gasteiger partial charge in [0.05, 0.1) is 19.3 Å². The van der Waals surface area contributed by atoms with Gasteiger partial charge in [-0.2, -0.15) is 0 Å². The Morgan fingerprint density at radius 3 is 2.91 bits per heavy atom. The van der Waals surface area contributed by atoms with Gasteiger partial charge in [0.2, 0.25) is 5.91 Å². The molecule has 1 fully saturated rings. The molecule has 1 heterocycles. The van der Waals surface area contributed by atoms with E-state index >= 15 is 0 Å². The van der Waals surface area contributed by atoms with Crippen LogP contribution in [-0.4, -0.2) is 54.8 Å². The fourth-order valence-electron chi connectivity index (χ4n) is 2.66. The highest BCUT2D eigenvalue weighted by molar-refractivity contribution is 5.76. The van der Waals surface area contributed by atoms with Gasteiger partial charge in [-0.05, 0) is 24.9 Å². The van der Waals surface area contributed by atoms with E-state index in [9.17, 15) is 9.90 Å². The van der Waals surface area contributed by atoms with E-state index < -0.39 is 6.10 Å². The standard InChI is InChI=1S/C17H26N2O3/c1-19(17(21)10-15-8-5-9-18-15)11-16(20)13-22-12-14-6-3-2-4-7-14/h2-4,6-7,15-16,18,20H,5,8-13H2,1H3. The number of nitrogens with zero attached hydrogens (tertiary/aromatic N) is 1. The molecule has 2 N–H and O–H groups in total. The van der Waals surface area contributed by atoms with Gasteiger partial charge in [-0.25, -0.2) is 0 Å². The molecule has 2 atom stereocenters. The number of carbonyl (C=O) groups is 1. The number of ether oxygens (including phenoxy) is 1. The first-order valence-electron chi connectivity index (χ1n) is 7.92. The summed E-state index contributed by atoms with van der Waals surface area (Å²) in [5.41, 5.74) is 1.08. The quantitative estimate of drug-likeness (QED) is 0.757. The van der Waals surface area contributed by atoms with Crippen molar-refractivity contribution in [3.05, 3.63) is 35.9 Å². The Morgan fingerprint density at radius 1 is 1.45 bits per heavy atom. The molecule has 1 aliphatic rings. The van der Waals surface area contributed by atoms with Crippen molar-refractivity contribution in [1.82, 2.24) is 10.2 Å². The van der Waals surface area contributed by atoms with Crippen LogP contribution in [0.1, 0.15) is 24.8 Å². The average molecular weight is 306 g/mol. The molecule has 22 heavy (non-hydrogen) atoms. The predicted octanol–water partition coefficient (Wildman–Crippen LogP) is 1.16. The third-order valence-corrected chi connectivity index (χ3v) is 3.92. The van der Waals surface area contributed by atoms with E-state index in [1.165, 1.54) is 0 Å². The molecule has 0 aliphatic carbocycles. The fourth-order valence-corrected chi connectivity index (χ4v) is 2.66. The van der Waals surface area contributed by atoms with Crippen molar-refractivity contribution in [1.29, 1.82) is 0 Å². The minimum absolute atomic E-state index is 0.0708. The molecule has 0 radical (unpaired) electrons. The number of amides is 1. The van der Waals surface area contributed by atoms with Crippen LogP contribution in [0.25, 0.3) is 0 Å². The van der Waals surface area contributed by atoms with E-state index in [1.54, 1.807) is 11.9 Å². The zero-order valence-electron chi connectivity index (χ0n) is 13.2. The maximum absolute atomic E-state index is 12.1. The lowest BCUT2D eigenvalue weighted by molar-refractivity contribution is -0.132. The molecule has 0 bridgehead atoms. The summed E-state index contributed by atoms with van der Waals surface area (Å²) in [5, 5.41) is 13.3. The van der Waals surface area contributed by atoms with Crippen LogP contribution in [0, 0.1) is 0 Å². The lowest BCUT2D eigenvalue weighted by Crippen LogP contribution is -2.39. The molecule has 5 nitrogen and oxygen atoms in total. The molecule has 0 saturated carbocycles. The number of aliphatic hydroxyl groups is 1. The van der Waals surface area contributed by atoms with Crippen molar-refractivity contribution in [2.24, 2.45) is 0 Å². The molecule has 1 aromatic carbocycles. The van der Waals surface area contributed by atoms with Gasteiger partial charge in [0.1, 0.15) is 0 Å². The van der Waals surface area contributed by atoms with Gasteiger partial charge in [-0.15, -0.1) is 0 Å². The highest BCUT2D eigenvalue weighted by Crippen LogP contribution is 2.10. The van der Waals surface area contributed by atoms with Crippen LogP contribution < -0.4 is 5.32 Å². The first-order valence-corrected chi connectivity index (χ1v) is 7.92. The fraction of sp³-hybridized carbons (Fsp3) is 0.588. The third kappa shape index (κ3) is 5.75. The number of hydrogen-bond acceptors (Lipinski definition) is 4. The second-order valence-corrected chi connectivity index (χ2v) is 5.93. The number of likely N-dealkylation sites (N-methyl/N-ethyl adjacent to an activating group) is 1. The van der Waals surface area contributed by atoms with Crippen LogP contribution in [0.3, 0.4) is 0 Å². The number of hydrogen-bond donors (Lipinski definition) is 2. The minimum Gasteiger partial charge on any atom is -0.389 e. The zero-order chi connectivity index (χ0) is 15.8. The van der Waals surface area contributed by atoms with Crippen molar-refractivity contribution in [3.63, 3.8) is 0 Å². The number of benzene rings is 1. The highest BCUT2D eigenvalue weighted by Gasteiger charge is 2.21. The van der Waals surface area contributed by atoms with E-state index in [-0.39, 0.29) is 12.5 Å². The summed E-state index contributed by atoms with van der Waals surface area (Å²) in [6.45, 7) is 2.01. The Hall–Kier alpha value is -1.43. The first-order chi connectivity index (χ1) is 10.6. The largest absolute Gasteiger partial charge is 0.389 e. The van der Waals surface area contributed by atoms with Crippen LogP contribution in [0.5, 0.6) is 0 Å². The van der Waals surface area contributed by atoms with E-state index in [0.717, 1.165) is 24.9 Å². The van der Waals surface area contributed by atoms with Gasteiger partial charge in [0.15, 0.2) is 0 Å². The van der Waals surface area contributed by atoms with Crippen LogP contribution in [0.2, 0.25) is 0 Å². The maximum atomic E-state index is 12.1. The monoisotopic (exact) mass is 306 g/mol. The molecule has 2 unspecified atom stereocenters. The summed E-state index contributed by atoms with van der Waals surface area (Å²) < 4.78 is 5.50. The molecule has 1 aromatic rings. The average Bonchev–Trinajstić information content (AvgIpc) is 3.01. The van der Waals surface area contributed by atoms with Crippen molar-refractivity contribution in [2.75, 3.05) is 26.7 Å². The summed E-state index contributed by atoms with van der Waals surface area (Å²) in [4.78, 5) is 13.7. The Morgan fingerprint density at radius 2 is 2.23 bits per heavy atom. The first kappa shape index (κ1) is 16.9. The summed E-state index contributed by atoms with van der Waals surface area (Å²) in [5.74, 6) is 0.0708. The summed E-state index contributed by atoms with van der Waals surface area (Å²) >= 11 is 0. The lowest BCUT2D eigenvalue weighted by atomic mass is 10.1. The van der Waals surface area contributed by atoms with Crippen LogP contribution >= 0.6 is 0 Å². The van der Waals surface area contributed by atoms with E-state index in [1.807, 2.05) is 30.3 Å². The van der Waals surface area contributed by atoms with Crippen molar-refractivity contribution < 1.29 is 14.6 Å². The second-order valence-electron chi connectivity index (χ2n) is 5.93. The third-order valence-electron chi connectivity index (χ3n) is 3.92. The molecule has 1 amide bonds. The van der Waals surface area contributed by atoms with Gasteiger partial charge in [0, 0.05) is 26.1 Å². The predicted molar refractivity (Wildman–Crippen MR) is 85.4 cm³/mol. The Kier molecular flexibility index (Phi) is 6.83. The van der Waals surface area contributed by atoms with E-state index in [2.05, 4.69) is 5.32 Å². The van der Waals surface area contributed by atoms with Gasteiger partial charge in [0.25, 0.3) is 0 Å². The van der Waals surface area contributed by atoms with Crippen molar-refractivity contribution in [2.45, 2.75) is 38.0 Å². The molecule has 122 valence electrons. The molecule has 5 heteroatoms. The molecule has 1 saturated heterocycles. The van der Waals surface area contributed by atoms with E-state index in [0.29, 0.717) is 25.6 Å².